The van der Waals surface area contributed by atoms with Crippen molar-refractivity contribution in [1.29, 1.82) is 0 Å². The first-order valence-corrected chi connectivity index (χ1v) is 4.36. The van der Waals surface area contributed by atoms with Gasteiger partial charge in [-0.15, -0.1) is 0 Å². The van der Waals surface area contributed by atoms with Gasteiger partial charge in [-0.05, 0) is 25.9 Å². The quantitative estimate of drug-likeness (QED) is 0.439. The number of hydrogen-bond acceptors (Lipinski definition) is 2. The second kappa shape index (κ2) is 4.69. The van der Waals surface area contributed by atoms with E-state index in [1.165, 1.54) is 45.3 Å². The predicted molar refractivity (Wildman–Crippen MR) is 44.0 cm³/mol. The van der Waals surface area contributed by atoms with Crippen LogP contribution in [-0.2, 0) is 0 Å². The summed E-state index contributed by atoms with van der Waals surface area (Å²) in [7, 11) is 0. The van der Waals surface area contributed by atoms with E-state index < -0.39 is 0 Å². The molecule has 2 N–H and O–H groups in total. The number of unbranched alkanes of at least 4 members (excludes halogenated alkanes) is 3. The standard InChI is InChI=1S/C8H18N2/c9-5-3-1-2-4-6-10-7-8-10/h1-9H2. The molecular formula is C8H18N2. The van der Waals surface area contributed by atoms with Gasteiger partial charge in [-0.1, -0.05) is 12.8 Å². The average molecular weight is 142 g/mol. The molecule has 2 nitrogen and oxygen atoms in total. The summed E-state index contributed by atoms with van der Waals surface area (Å²) in [6, 6.07) is 0. The van der Waals surface area contributed by atoms with E-state index in [9.17, 15) is 0 Å². The lowest BCUT2D eigenvalue weighted by Gasteiger charge is -1.99. The van der Waals surface area contributed by atoms with Gasteiger partial charge in [-0.25, -0.2) is 0 Å². The van der Waals surface area contributed by atoms with E-state index in [1.54, 1.807) is 0 Å². The van der Waals surface area contributed by atoms with E-state index in [1.807, 2.05) is 0 Å². The van der Waals surface area contributed by atoms with Crippen molar-refractivity contribution in [3.63, 3.8) is 0 Å². The fourth-order valence-corrected chi connectivity index (χ4v) is 1.13. The maximum Gasteiger partial charge on any atom is 0.0110 e. The molecule has 1 heterocycles. The molecule has 0 aliphatic carbocycles. The van der Waals surface area contributed by atoms with E-state index in [0.29, 0.717) is 0 Å². The fourth-order valence-electron chi connectivity index (χ4n) is 1.13. The summed E-state index contributed by atoms with van der Waals surface area (Å²) in [5.74, 6) is 0. The Hall–Kier alpha value is -0.0800. The van der Waals surface area contributed by atoms with Gasteiger partial charge in [0.2, 0.25) is 0 Å². The maximum atomic E-state index is 5.37. The maximum absolute atomic E-state index is 5.37. The van der Waals surface area contributed by atoms with Crippen LogP contribution < -0.4 is 5.73 Å². The third kappa shape index (κ3) is 3.85. The van der Waals surface area contributed by atoms with Crippen LogP contribution in [0.4, 0.5) is 0 Å². The van der Waals surface area contributed by atoms with E-state index in [4.69, 9.17) is 5.73 Å². The highest BCUT2D eigenvalue weighted by molar-refractivity contribution is 4.71. The SMILES string of the molecule is NCCCCCCN1CC1. The smallest absolute Gasteiger partial charge is 0.0110 e. The number of nitrogens with two attached hydrogens (primary N) is 1. The molecule has 0 unspecified atom stereocenters. The molecule has 1 aliphatic heterocycles. The highest BCUT2D eigenvalue weighted by atomic mass is 15.2. The molecule has 1 rings (SSSR count). The number of nitrogens with zero attached hydrogens (tertiary/aromatic N) is 1. The van der Waals surface area contributed by atoms with Crippen LogP contribution in [0.25, 0.3) is 0 Å². The van der Waals surface area contributed by atoms with Crippen molar-refractivity contribution in [2.24, 2.45) is 5.73 Å². The van der Waals surface area contributed by atoms with E-state index in [2.05, 4.69) is 4.90 Å². The molecule has 0 aromatic rings. The summed E-state index contributed by atoms with van der Waals surface area (Å²) in [6.07, 6.45) is 5.28. The Bertz CT molecular complexity index is 79.3. The molecule has 0 amide bonds. The minimum Gasteiger partial charge on any atom is -0.330 e. The molecule has 1 saturated heterocycles. The highest BCUT2D eigenvalue weighted by Crippen LogP contribution is 2.07. The Morgan fingerprint density at radius 1 is 1.00 bits per heavy atom. The second-order valence-corrected chi connectivity index (χ2v) is 3.04. The van der Waals surface area contributed by atoms with Gasteiger partial charge in [0.1, 0.15) is 0 Å². The molecular weight excluding hydrogens is 124 g/mol. The molecule has 0 atom stereocenters. The zero-order chi connectivity index (χ0) is 7.23. The molecule has 0 aromatic heterocycles. The van der Waals surface area contributed by atoms with Crippen molar-refractivity contribution in [2.45, 2.75) is 25.7 Å². The summed E-state index contributed by atoms with van der Waals surface area (Å²) in [6.45, 7) is 4.88. The van der Waals surface area contributed by atoms with Crippen molar-refractivity contribution in [3.8, 4) is 0 Å². The van der Waals surface area contributed by atoms with Gasteiger partial charge in [0.15, 0.2) is 0 Å². The lowest BCUT2D eigenvalue weighted by atomic mass is 10.2. The van der Waals surface area contributed by atoms with Crippen LogP contribution in [0.5, 0.6) is 0 Å². The molecule has 60 valence electrons. The normalized spacial score (nSPS) is 17.7. The van der Waals surface area contributed by atoms with Crippen molar-refractivity contribution in [3.05, 3.63) is 0 Å². The van der Waals surface area contributed by atoms with Crippen molar-refractivity contribution >= 4 is 0 Å². The molecule has 1 fully saturated rings. The van der Waals surface area contributed by atoms with Crippen LogP contribution in [-0.4, -0.2) is 31.1 Å². The summed E-state index contributed by atoms with van der Waals surface area (Å²) in [4.78, 5) is 2.47. The first-order valence-electron chi connectivity index (χ1n) is 4.36. The van der Waals surface area contributed by atoms with Crippen LogP contribution in [0.2, 0.25) is 0 Å². The minimum absolute atomic E-state index is 0.865. The van der Waals surface area contributed by atoms with Crippen LogP contribution >= 0.6 is 0 Å². The lowest BCUT2D eigenvalue weighted by molar-refractivity contribution is 0.507. The van der Waals surface area contributed by atoms with Crippen LogP contribution in [0.3, 0.4) is 0 Å². The first kappa shape index (κ1) is 8.02. The molecule has 0 spiro atoms. The van der Waals surface area contributed by atoms with Crippen molar-refractivity contribution < 1.29 is 0 Å². The highest BCUT2D eigenvalue weighted by Gasteiger charge is 2.14. The Kier molecular flexibility index (Phi) is 3.76. The topological polar surface area (TPSA) is 29.0 Å². The Balaban J connectivity index is 1.68. The van der Waals surface area contributed by atoms with E-state index in [-0.39, 0.29) is 0 Å². The molecule has 0 aromatic carbocycles. The third-order valence-corrected chi connectivity index (χ3v) is 1.97. The zero-order valence-corrected chi connectivity index (χ0v) is 6.68. The van der Waals surface area contributed by atoms with Gasteiger partial charge in [-0.3, -0.25) is 0 Å². The van der Waals surface area contributed by atoms with Gasteiger partial charge >= 0.3 is 0 Å². The van der Waals surface area contributed by atoms with E-state index >= 15 is 0 Å². The van der Waals surface area contributed by atoms with Crippen LogP contribution in [0, 0.1) is 0 Å². The fraction of sp³-hybridized carbons (Fsp3) is 1.00. The largest absolute Gasteiger partial charge is 0.330 e. The number of hydrogen-bond donors (Lipinski definition) is 1. The Morgan fingerprint density at radius 2 is 1.70 bits per heavy atom. The summed E-state index contributed by atoms with van der Waals surface area (Å²) in [5, 5.41) is 0. The summed E-state index contributed by atoms with van der Waals surface area (Å²) in [5.41, 5.74) is 5.37. The Morgan fingerprint density at radius 3 is 2.30 bits per heavy atom. The average Bonchev–Trinajstić information content (AvgIpc) is 2.71. The Labute approximate surface area is 63.4 Å². The molecule has 10 heavy (non-hydrogen) atoms. The first-order chi connectivity index (χ1) is 4.93. The van der Waals surface area contributed by atoms with Gasteiger partial charge < -0.3 is 10.6 Å². The van der Waals surface area contributed by atoms with E-state index in [0.717, 1.165) is 6.54 Å². The molecule has 1 aliphatic rings. The van der Waals surface area contributed by atoms with Crippen molar-refractivity contribution in [1.82, 2.24) is 4.90 Å². The van der Waals surface area contributed by atoms with Crippen LogP contribution in [0.1, 0.15) is 25.7 Å². The zero-order valence-electron chi connectivity index (χ0n) is 6.68. The molecule has 0 bridgehead atoms. The minimum atomic E-state index is 0.865. The van der Waals surface area contributed by atoms with Gasteiger partial charge in [0.05, 0.1) is 0 Å². The monoisotopic (exact) mass is 142 g/mol. The van der Waals surface area contributed by atoms with Gasteiger partial charge in [0.25, 0.3) is 0 Å². The molecule has 0 radical (unpaired) electrons. The summed E-state index contributed by atoms with van der Waals surface area (Å²) < 4.78 is 0. The predicted octanol–water partition coefficient (Wildman–Crippen LogP) is 0.821. The third-order valence-electron chi connectivity index (χ3n) is 1.97. The summed E-state index contributed by atoms with van der Waals surface area (Å²) >= 11 is 0. The molecule has 0 saturated carbocycles. The van der Waals surface area contributed by atoms with Gasteiger partial charge in [0, 0.05) is 13.1 Å². The molecule has 2 heteroatoms. The van der Waals surface area contributed by atoms with Crippen molar-refractivity contribution in [2.75, 3.05) is 26.2 Å². The van der Waals surface area contributed by atoms with Crippen LogP contribution in [0.15, 0.2) is 0 Å². The van der Waals surface area contributed by atoms with Gasteiger partial charge in [-0.2, -0.15) is 0 Å². The number of rotatable bonds is 6. The lowest BCUT2D eigenvalue weighted by Crippen LogP contribution is -2.00. The second-order valence-electron chi connectivity index (χ2n) is 3.04.